The summed E-state index contributed by atoms with van der Waals surface area (Å²) in [5, 5.41) is 11.3. The second kappa shape index (κ2) is 7.76. The molecule has 2 amide bonds. The predicted molar refractivity (Wildman–Crippen MR) is 108 cm³/mol. The van der Waals surface area contributed by atoms with Crippen LogP contribution in [0.2, 0.25) is 0 Å². The molecule has 2 aromatic rings. The molecule has 2 N–H and O–H groups in total. The zero-order valence-corrected chi connectivity index (χ0v) is 16.8. The van der Waals surface area contributed by atoms with Crippen molar-refractivity contribution in [1.29, 1.82) is 5.26 Å². The van der Waals surface area contributed by atoms with Gasteiger partial charge in [-0.3, -0.25) is 14.5 Å². The molecule has 2 heterocycles. The van der Waals surface area contributed by atoms with Crippen molar-refractivity contribution in [1.82, 2.24) is 4.90 Å². The minimum absolute atomic E-state index is 0.0275. The number of methoxy groups -OCH3 is 1. The number of amides is 2. The molecule has 1 aliphatic heterocycles. The number of hydrogen-bond acceptors (Lipinski definition) is 7. The minimum atomic E-state index is -0.728. The number of hydrogen-bond donors (Lipinski definition) is 1. The quantitative estimate of drug-likeness (QED) is 0.723. The van der Waals surface area contributed by atoms with E-state index < -0.39 is 17.9 Å². The van der Waals surface area contributed by atoms with Crippen LogP contribution in [0.25, 0.3) is 0 Å². The third-order valence-corrected chi connectivity index (χ3v) is 6.28. The molecule has 4 rings (SSSR count). The molecule has 1 saturated carbocycles. The first-order valence-electron chi connectivity index (χ1n) is 9.51. The molecule has 1 aliphatic carbocycles. The van der Waals surface area contributed by atoms with Crippen LogP contribution in [-0.2, 0) is 0 Å². The van der Waals surface area contributed by atoms with Crippen molar-refractivity contribution in [2.75, 3.05) is 12.8 Å². The Morgan fingerprint density at radius 3 is 2.69 bits per heavy atom. The number of carbonyl (C=O) groups is 2. The number of anilines is 1. The van der Waals surface area contributed by atoms with Crippen molar-refractivity contribution in [3.63, 3.8) is 0 Å². The van der Waals surface area contributed by atoms with Crippen LogP contribution >= 0.6 is 11.3 Å². The van der Waals surface area contributed by atoms with Gasteiger partial charge < -0.3 is 15.2 Å². The standard InChI is InChI=1S/C21H21N3O4S/c1-27-16-7-6-12(10-17(16)28-13-4-2-3-5-13)15(8-9-22)24-20(25)14-11-29-19(23)18(14)21(24)26/h6-7,10-11,13,15H,2-5,8,23H2,1H3. The summed E-state index contributed by atoms with van der Waals surface area (Å²) in [6.07, 6.45) is 4.32. The van der Waals surface area contributed by atoms with E-state index in [2.05, 4.69) is 6.07 Å². The van der Waals surface area contributed by atoms with E-state index >= 15 is 0 Å². The molecule has 29 heavy (non-hydrogen) atoms. The maximum absolute atomic E-state index is 12.9. The van der Waals surface area contributed by atoms with Crippen molar-refractivity contribution >= 4 is 28.2 Å². The Kier molecular flexibility index (Phi) is 5.16. The lowest BCUT2D eigenvalue weighted by molar-refractivity contribution is 0.0584. The largest absolute Gasteiger partial charge is 0.493 e. The van der Waals surface area contributed by atoms with Crippen molar-refractivity contribution in [2.45, 2.75) is 44.2 Å². The van der Waals surface area contributed by atoms with Gasteiger partial charge in [0.2, 0.25) is 0 Å². The molecule has 1 unspecified atom stereocenters. The highest BCUT2D eigenvalue weighted by atomic mass is 32.1. The van der Waals surface area contributed by atoms with Crippen molar-refractivity contribution in [3.8, 4) is 17.6 Å². The summed E-state index contributed by atoms with van der Waals surface area (Å²) in [4.78, 5) is 27.0. The Bertz CT molecular complexity index is 1000. The number of nitrogens with zero attached hydrogens (tertiary/aromatic N) is 2. The number of fused-ring (bicyclic) bond motifs is 1. The van der Waals surface area contributed by atoms with Crippen molar-refractivity contribution < 1.29 is 19.1 Å². The van der Waals surface area contributed by atoms with Crippen LogP contribution in [0.5, 0.6) is 11.5 Å². The second-order valence-corrected chi connectivity index (χ2v) is 8.09. The van der Waals surface area contributed by atoms with Crippen LogP contribution in [-0.4, -0.2) is 29.9 Å². The van der Waals surface area contributed by atoms with Crippen LogP contribution in [0.4, 0.5) is 5.00 Å². The summed E-state index contributed by atoms with van der Waals surface area (Å²) < 4.78 is 11.6. The molecular weight excluding hydrogens is 390 g/mol. The van der Waals surface area contributed by atoms with E-state index in [0.29, 0.717) is 27.6 Å². The zero-order valence-electron chi connectivity index (χ0n) is 16.0. The van der Waals surface area contributed by atoms with E-state index in [1.165, 1.54) is 11.3 Å². The van der Waals surface area contributed by atoms with Gasteiger partial charge in [-0.05, 0) is 43.4 Å². The monoisotopic (exact) mass is 411 g/mol. The average molecular weight is 411 g/mol. The van der Waals surface area contributed by atoms with Gasteiger partial charge in [-0.15, -0.1) is 11.3 Å². The first-order chi connectivity index (χ1) is 14.0. The van der Waals surface area contributed by atoms with Crippen LogP contribution in [0.15, 0.2) is 23.6 Å². The zero-order chi connectivity index (χ0) is 20.5. The number of nitriles is 1. The summed E-state index contributed by atoms with van der Waals surface area (Å²) in [7, 11) is 1.57. The number of carbonyl (C=O) groups excluding carboxylic acids is 2. The fourth-order valence-corrected chi connectivity index (χ4v) is 4.78. The smallest absolute Gasteiger partial charge is 0.265 e. The molecule has 1 aromatic heterocycles. The van der Waals surface area contributed by atoms with E-state index in [1.807, 2.05) is 0 Å². The van der Waals surface area contributed by atoms with Gasteiger partial charge in [-0.1, -0.05) is 6.07 Å². The van der Waals surface area contributed by atoms with Crippen molar-refractivity contribution in [2.24, 2.45) is 0 Å². The molecule has 7 nitrogen and oxygen atoms in total. The van der Waals surface area contributed by atoms with E-state index in [1.54, 1.807) is 30.7 Å². The van der Waals surface area contributed by atoms with E-state index in [-0.39, 0.29) is 18.1 Å². The molecule has 0 saturated heterocycles. The number of ether oxygens (including phenoxy) is 2. The highest BCUT2D eigenvalue weighted by Gasteiger charge is 2.43. The first kappa shape index (κ1) is 19.3. The van der Waals surface area contributed by atoms with Gasteiger partial charge in [0.05, 0.1) is 47.9 Å². The fraction of sp³-hybridized carbons (Fsp3) is 0.381. The molecule has 150 valence electrons. The van der Waals surface area contributed by atoms with Gasteiger partial charge in [0, 0.05) is 5.38 Å². The van der Waals surface area contributed by atoms with Gasteiger partial charge in [-0.25, -0.2) is 0 Å². The maximum Gasteiger partial charge on any atom is 0.265 e. The topological polar surface area (TPSA) is 106 Å². The highest BCUT2D eigenvalue weighted by Crippen LogP contribution is 2.41. The average Bonchev–Trinajstić information content (AvgIpc) is 3.41. The molecule has 2 aliphatic rings. The Labute approximate surface area is 172 Å². The predicted octanol–water partition coefficient (Wildman–Crippen LogP) is 3.91. The summed E-state index contributed by atoms with van der Waals surface area (Å²) in [5.41, 5.74) is 7.08. The summed E-state index contributed by atoms with van der Waals surface area (Å²) >= 11 is 1.17. The number of imide groups is 1. The molecule has 1 atom stereocenters. The molecular formula is C21H21N3O4S. The molecule has 0 radical (unpaired) electrons. The maximum atomic E-state index is 12.9. The summed E-state index contributed by atoms with van der Waals surface area (Å²) in [6, 6.07) is 6.65. The fourth-order valence-electron chi connectivity index (χ4n) is 4.00. The highest BCUT2D eigenvalue weighted by molar-refractivity contribution is 7.14. The Morgan fingerprint density at radius 2 is 2.03 bits per heavy atom. The minimum Gasteiger partial charge on any atom is -0.493 e. The van der Waals surface area contributed by atoms with Crippen LogP contribution < -0.4 is 15.2 Å². The summed E-state index contributed by atoms with van der Waals surface area (Å²) in [5.74, 6) is 0.261. The van der Waals surface area contributed by atoms with E-state index in [4.69, 9.17) is 15.2 Å². The third-order valence-electron chi connectivity index (χ3n) is 5.47. The van der Waals surface area contributed by atoms with Gasteiger partial charge in [0.25, 0.3) is 11.8 Å². The van der Waals surface area contributed by atoms with Gasteiger partial charge in [0.1, 0.15) is 0 Å². The van der Waals surface area contributed by atoms with Gasteiger partial charge in [-0.2, -0.15) is 5.26 Å². The van der Waals surface area contributed by atoms with Crippen LogP contribution in [0.3, 0.4) is 0 Å². The molecule has 0 bridgehead atoms. The molecule has 0 spiro atoms. The Morgan fingerprint density at radius 1 is 1.28 bits per heavy atom. The second-order valence-electron chi connectivity index (χ2n) is 7.18. The third kappa shape index (κ3) is 3.32. The van der Waals surface area contributed by atoms with Crippen molar-refractivity contribution in [3.05, 3.63) is 40.3 Å². The number of thiophene rings is 1. The first-order valence-corrected chi connectivity index (χ1v) is 10.4. The number of benzene rings is 1. The molecule has 1 fully saturated rings. The number of nitrogen functional groups attached to an aromatic ring is 1. The van der Waals surface area contributed by atoms with Gasteiger partial charge >= 0.3 is 0 Å². The molecule has 8 heteroatoms. The molecule has 1 aromatic carbocycles. The lowest BCUT2D eigenvalue weighted by Gasteiger charge is -2.26. The van der Waals surface area contributed by atoms with E-state index in [0.717, 1.165) is 30.6 Å². The number of rotatable bonds is 6. The summed E-state index contributed by atoms with van der Waals surface area (Å²) in [6.45, 7) is 0. The lowest BCUT2D eigenvalue weighted by atomic mass is 10.0. The van der Waals surface area contributed by atoms with Gasteiger partial charge in [0.15, 0.2) is 11.5 Å². The Hall–Kier alpha value is -3.05. The number of nitrogens with two attached hydrogens (primary N) is 1. The van der Waals surface area contributed by atoms with Crippen LogP contribution in [0, 0.1) is 11.3 Å². The van der Waals surface area contributed by atoms with Crippen LogP contribution in [0.1, 0.15) is 64.4 Å². The SMILES string of the molecule is COc1ccc(C(CC#N)N2C(=O)c3csc(N)c3C2=O)cc1OC1CCCC1. The lowest BCUT2D eigenvalue weighted by Crippen LogP contribution is -2.34. The van der Waals surface area contributed by atoms with E-state index in [9.17, 15) is 14.9 Å². The Balaban J connectivity index is 1.70. The normalized spacial score (nSPS) is 17.3.